The lowest BCUT2D eigenvalue weighted by atomic mass is 10.3. The largest absolute Gasteiger partial charge is 0.326 e. The molecule has 0 heterocycles. The van der Waals surface area contributed by atoms with Crippen molar-refractivity contribution >= 4 is 34.3 Å². The van der Waals surface area contributed by atoms with E-state index in [4.69, 9.17) is 23.2 Å². The maximum Gasteiger partial charge on any atom is 0.326 e. The van der Waals surface area contributed by atoms with Crippen molar-refractivity contribution in [3.63, 3.8) is 0 Å². The molecule has 0 atom stereocenters. The predicted octanol–water partition coefficient (Wildman–Crippen LogP) is 3.95. The van der Waals surface area contributed by atoms with E-state index in [2.05, 4.69) is 0 Å². The Hall–Kier alpha value is -0.990. The van der Waals surface area contributed by atoms with Crippen LogP contribution in [0.4, 0.5) is 10.5 Å². The van der Waals surface area contributed by atoms with Crippen LogP contribution in [0.25, 0.3) is 0 Å². The number of hydrogen-bond donors (Lipinski definition) is 0. The molecule has 1 aromatic carbocycles. The fourth-order valence-electron chi connectivity index (χ4n) is 1.01. The van der Waals surface area contributed by atoms with Crippen LogP contribution in [0, 0.1) is 0 Å². The molecular weight excluding hydrogens is 221 g/mol. The van der Waals surface area contributed by atoms with Crippen molar-refractivity contribution < 1.29 is 4.79 Å². The van der Waals surface area contributed by atoms with Gasteiger partial charge >= 0.3 is 5.37 Å². The molecule has 0 aliphatic rings. The molecule has 0 unspecified atom stereocenters. The van der Waals surface area contributed by atoms with Gasteiger partial charge in [-0.05, 0) is 30.7 Å². The predicted molar refractivity (Wildman–Crippen MR) is 59.8 cm³/mol. The maximum atomic E-state index is 11.1. The highest BCUT2D eigenvalue weighted by molar-refractivity contribution is 6.67. The Morgan fingerprint density at radius 3 is 2.29 bits per heavy atom. The Morgan fingerprint density at radius 2 is 1.86 bits per heavy atom. The summed E-state index contributed by atoms with van der Waals surface area (Å²) in [7, 11) is 0. The molecule has 14 heavy (non-hydrogen) atoms. The highest BCUT2D eigenvalue weighted by atomic mass is 35.5. The summed E-state index contributed by atoms with van der Waals surface area (Å²) in [4.78, 5) is 12.3. The van der Waals surface area contributed by atoms with Gasteiger partial charge in [-0.15, -0.1) is 0 Å². The van der Waals surface area contributed by atoms with E-state index in [1.807, 2.05) is 18.2 Å². The minimum atomic E-state index is -0.626. The third-order valence-electron chi connectivity index (χ3n) is 1.64. The van der Waals surface area contributed by atoms with Crippen LogP contribution in [-0.2, 0) is 0 Å². The zero-order valence-electron chi connectivity index (χ0n) is 7.58. The topological polar surface area (TPSA) is 20.3 Å². The molecule has 0 aliphatic carbocycles. The van der Waals surface area contributed by atoms with Crippen LogP contribution in [0.5, 0.6) is 0 Å². The van der Waals surface area contributed by atoms with E-state index >= 15 is 0 Å². The number of carbonyl (C=O) groups excluding carboxylic acids is 1. The Morgan fingerprint density at radius 1 is 1.29 bits per heavy atom. The quantitative estimate of drug-likeness (QED) is 0.556. The molecule has 74 valence electrons. The lowest BCUT2D eigenvalue weighted by molar-refractivity contribution is 0.265. The summed E-state index contributed by atoms with van der Waals surface area (Å²) < 4.78 is 0. The first-order chi connectivity index (χ1) is 6.66. The van der Waals surface area contributed by atoms with Crippen molar-refractivity contribution in [2.75, 3.05) is 4.90 Å². The number of amides is 1. The SMILES string of the molecule is CC=C(Cl)N(C(=O)Cl)c1ccccc1. The van der Waals surface area contributed by atoms with Crippen LogP contribution in [0.1, 0.15) is 6.92 Å². The Labute approximate surface area is 92.7 Å². The van der Waals surface area contributed by atoms with Crippen molar-refractivity contribution in [2.24, 2.45) is 0 Å². The first-order valence-electron chi connectivity index (χ1n) is 4.03. The molecule has 1 rings (SSSR count). The fraction of sp³-hybridized carbons (Fsp3) is 0.100. The number of benzene rings is 1. The van der Waals surface area contributed by atoms with Gasteiger partial charge in [0.25, 0.3) is 0 Å². The molecule has 0 radical (unpaired) electrons. The number of halogens is 2. The van der Waals surface area contributed by atoms with Gasteiger partial charge in [-0.2, -0.15) is 0 Å². The zero-order valence-corrected chi connectivity index (χ0v) is 9.09. The summed E-state index contributed by atoms with van der Waals surface area (Å²) >= 11 is 11.3. The molecule has 0 saturated heterocycles. The summed E-state index contributed by atoms with van der Waals surface area (Å²) in [5.74, 6) is 0. The van der Waals surface area contributed by atoms with E-state index in [0.717, 1.165) is 0 Å². The Kier molecular flexibility index (Phi) is 3.98. The number of carbonyl (C=O) groups is 1. The first-order valence-corrected chi connectivity index (χ1v) is 4.79. The van der Waals surface area contributed by atoms with Crippen LogP contribution in [-0.4, -0.2) is 5.37 Å². The summed E-state index contributed by atoms with van der Waals surface area (Å²) in [5.41, 5.74) is 0.649. The number of hydrogen-bond acceptors (Lipinski definition) is 1. The summed E-state index contributed by atoms with van der Waals surface area (Å²) in [6.45, 7) is 1.73. The average molecular weight is 230 g/mol. The standard InChI is InChI=1S/C10H9Cl2NO/c1-2-9(11)13(10(12)14)8-6-4-3-5-7-8/h2-7H,1H3. The van der Waals surface area contributed by atoms with Gasteiger partial charge in [-0.25, -0.2) is 0 Å². The highest BCUT2D eigenvalue weighted by Gasteiger charge is 2.15. The van der Waals surface area contributed by atoms with Crippen molar-refractivity contribution in [1.82, 2.24) is 0 Å². The van der Waals surface area contributed by atoms with E-state index in [-0.39, 0.29) is 5.16 Å². The number of anilines is 1. The molecule has 1 amide bonds. The Balaban J connectivity index is 3.08. The van der Waals surface area contributed by atoms with Gasteiger partial charge in [-0.1, -0.05) is 35.9 Å². The second-order valence-corrected chi connectivity index (χ2v) is 3.25. The molecule has 0 bridgehead atoms. The maximum absolute atomic E-state index is 11.1. The van der Waals surface area contributed by atoms with E-state index < -0.39 is 5.37 Å². The van der Waals surface area contributed by atoms with Crippen LogP contribution in [0.2, 0.25) is 0 Å². The summed E-state index contributed by atoms with van der Waals surface area (Å²) in [5, 5.41) is -0.337. The number of allylic oxidation sites excluding steroid dienone is 1. The third-order valence-corrected chi connectivity index (χ3v) is 2.20. The van der Waals surface area contributed by atoms with Gasteiger partial charge in [0.05, 0.1) is 5.69 Å². The average Bonchev–Trinajstić information content (AvgIpc) is 2.19. The fourth-order valence-corrected chi connectivity index (χ4v) is 1.42. The van der Waals surface area contributed by atoms with Gasteiger partial charge in [0.2, 0.25) is 0 Å². The molecule has 0 aromatic heterocycles. The van der Waals surface area contributed by atoms with Crippen LogP contribution >= 0.6 is 23.2 Å². The molecule has 2 nitrogen and oxygen atoms in total. The lowest BCUT2D eigenvalue weighted by Gasteiger charge is -2.17. The van der Waals surface area contributed by atoms with Crippen molar-refractivity contribution in [3.8, 4) is 0 Å². The molecule has 1 aromatic rings. The van der Waals surface area contributed by atoms with Gasteiger partial charge in [0, 0.05) is 0 Å². The third kappa shape index (κ3) is 2.50. The molecule has 0 spiro atoms. The molecular formula is C10H9Cl2NO. The van der Waals surface area contributed by atoms with Gasteiger partial charge in [0.15, 0.2) is 0 Å². The first kappa shape index (κ1) is 11.1. The van der Waals surface area contributed by atoms with E-state index in [1.165, 1.54) is 4.90 Å². The van der Waals surface area contributed by atoms with Crippen molar-refractivity contribution in [2.45, 2.75) is 6.92 Å². The van der Waals surface area contributed by atoms with Gasteiger partial charge in [0.1, 0.15) is 5.16 Å². The minimum Gasteiger partial charge on any atom is -0.257 e. The Bertz CT molecular complexity index is 348. The van der Waals surface area contributed by atoms with Gasteiger partial charge < -0.3 is 0 Å². The smallest absolute Gasteiger partial charge is 0.257 e. The summed E-state index contributed by atoms with van der Waals surface area (Å²) in [6.07, 6.45) is 1.61. The second-order valence-electron chi connectivity index (χ2n) is 2.54. The zero-order chi connectivity index (χ0) is 10.6. The monoisotopic (exact) mass is 229 g/mol. The summed E-state index contributed by atoms with van der Waals surface area (Å²) in [6, 6.07) is 8.98. The number of rotatable bonds is 2. The van der Waals surface area contributed by atoms with Crippen LogP contribution in [0.3, 0.4) is 0 Å². The van der Waals surface area contributed by atoms with Crippen LogP contribution in [0.15, 0.2) is 41.6 Å². The number of para-hydroxylation sites is 1. The normalized spacial score (nSPS) is 11.2. The van der Waals surface area contributed by atoms with E-state index in [0.29, 0.717) is 5.69 Å². The molecule has 0 N–H and O–H groups in total. The van der Waals surface area contributed by atoms with Crippen molar-refractivity contribution in [1.29, 1.82) is 0 Å². The van der Waals surface area contributed by atoms with E-state index in [1.54, 1.807) is 25.1 Å². The highest BCUT2D eigenvalue weighted by Crippen LogP contribution is 2.22. The minimum absolute atomic E-state index is 0.288. The van der Waals surface area contributed by atoms with Crippen molar-refractivity contribution in [3.05, 3.63) is 41.6 Å². The molecule has 4 heteroatoms. The second kappa shape index (κ2) is 5.03. The lowest BCUT2D eigenvalue weighted by Crippen LogP contribution is -2.22. The van der Waals surface area contributed by atoms with E-state index in [9.17, 15) is 4.79 Å². The number of nitrogens with zero attached hydrogens (tertiary/aromatic N) is 1. The molecule has 0 aliphatic heterocycles. The van der Waals surface area contributed by atoms with Crippen LogP contribution < -0.4 is 4.90 Å². The molecule has 0 saturated carbocycles. The molecule has 0 fully saturated rings. The van der Waals surface area contributed by atoms with Gasteiger partial charge in [-0.3, -0.25) is 9.69 Å².